The molecule has 0 atom stereocenters. The number of hydrogen-bond acceptors (Lipinski definition) is 6. The fourth-order valence-corrected chi connectivity index (χ4v) is 4.02. The molecular formula is C23H23FN6O3S. The number of carbonyl (C=O) groups excluding carboxylic acids is 1. The minimum absolute atomic E-state index is 0.180. The number of hydrogen-bond donors (Lipinski definition) is 2. The summed E-state index contributed by atoms with van der Waals surface area (Å²) in [4.78, 5) is 20.6. The molecule has 0 bridgehead atoms. The molecule has 34 heavy (non-hydrogen) atoms. The average Bonchev–Trinajstić information content (AvgIpc) is 3.20. The van der Waals surface area contributed by atoms with Crippen molar-refractivity contribution in [2.24, 2.45) is 0 Å². The number of nitrogens with one attached hydrogen (secondary N) is 2. The lowest BCUT2D eigenvalue weighted by atomic mass is 10.1. The first-order chi connectivity index (χ1) is 16.2. The van der Waals surface area contributed by atoms with Crippen molar-refractivity contribution in [1.29, 1.82) is 0 Å². The number of carbonyl (C=O) groups is 1. The van der Waals surface area contributed by atoms with Gasteiger partial charge in [0.2, 0.25) is 16.0 Å². The van der Waals surface area contributed by atoms with Crippen molar-refractivity contribution < 1.29 is 17.6 Å². The van der Waals surface area contributed by atoms with Crippen molar-refractivity contribution in [1.82, 2.24) is 19.9 Å². The van der Waals surface area contributed by atoms with Gasteiger partial charge in [0.1, 0.15) is 11.5 Å². The molecule has 0 radical (unpaired) electrons. The van der Waals surface area contributed by atoms with Gasteiger partial charge in [-0.05, 0) is 54.1 Å². The van der Waals surface area contributed by atoms with E-state index in [0.29, 0.717) is 34.1 Å². The highest BCUT2D eigenvalue weighted by molar-refractivity contribution is 7.92. The van der Waals surface area contributed by atoms with Crippen LogP contribution in [0.15, 0.2) is 60.9 Å². The number of aromatic nitrogens is 3. The Kier molecular flexibility index (Phi) is 6.20. The zero-order valence-electron chi connectivity index (χ0n) is 18.8. The highest BCUT2D eigenvalue weighted by Gasteiger charge is 2.17. The summed E-state index contributed by atoms with van der Waals surface area (Å²) in [5.41, 5.74) is 2.70. The summed E-state index contributed by atoms with van der Waals surface area (Å²) in [6, 6.07) is 12.7. The Bertz CT molecular complexity index is 1470. The average molecular weight is 483 g/mol. The van der Waals surface area contributed by atoms with Gasteiger partial charge in [0.15, 0.2) is 0 Å². The second-order valence-electron chi connectivity index (χ2n) is 7.70. The van der Waals surface area contributed by atoms with Crippen molar-refractivity contribution >= 4 is 44.3 Å². The lowest BCUT2D eigenvalue weighted by Gasteiger charge is -2.21. The fourth-order valence-electron chi connectivity index (χ4n) is 3.49. The van der Waals surface area contributed by atoms with Crippen LogP contribution in [0.25, 0.3) is 11.0 Å². The molecule has 0 spiro atoms. The van der Waals surface area contributed by atoms with E-state index in [1.165, 1.54) is 25.2 Å². The normalized spacial score (nSPS) is 11.4. The van der Waals surface area contributed by atoms with Crippen molar-refractivity contribution in [3.63, 3.8) is 0 Å². The molecule has 0 aliphatic rings. The Hall–Kier alpha value is -3.99. The molecule has 2 heterocycles. The van der Waals surface area contributed by atoms with Crippen LogP contribution in [0, 0.1) is 5.82 Å². The molecule has 4 aromatic rings. The molecule has 9 nitrogen and oxygen atoms in total. The van der Waals surface area contributed by atoms with Crippen molar-refractivity contribution in [3.8, 4) is 0 Å². The lowest BCUT2D eigenvalue weighted by Crippen LogP contribution is -2.26. The smallest absolute Gasteiger partial charge is 0.251 e. The summed E-state index contributed by atoms with van der Waals surface area (Å²) >= 11 is 0. The van der Waals surface area contributed by atoms with E-state index in [4.69, 9.17) is 0 Å². The largest absolute Gasteiger partial charge is 0.355 e. The Labute approximate surface area is 196 Å². The molecule has 0 saturated carbocycles. The Morgan fingerprint density at radius 2 is 1.88 bits per heavy atom. The Morgan fingerprint density at radius 1 is 1.15 bits per heavy atom. The third-order valence-electron chi connectivity index (χ3n) is 5.35. The first-order valence-corrected chi connectivity index (χ1v) is 12.1. The van der Waals surface area contributed by atoms with Gasteiger partial charge in [-0.2, -0.15) is 4.98 Å². The summed E-state index contributed by atoms with van der Waals surface area (Å²) in [6.45, 7) is 0.202. The number of halogens is 1. The molecule has 4 rings (SSSR count). The van der Waals surface area contributed by atoms with E-state index < -0.39 is 15.8 Å². The summed E-state index contributed by atoms with van der Waals surface area (Å²) in [7, 11) is -0.525. The van der Waals surface area contributed by atoms with Crippen molar-refractivity contribution in [3.05, 3.63) is 77.9 Å². The van der Waals surface area contributed by atoms with E-state index in [0.717, 1.165) is 15.9 Å². The summed E-state index contributed by atoms with van der Waals surface area (Å²) in [6.07, 6.45) is 4.54. The van der Waals surface area contributed by atoms with Crippen LogP contribution in [0.5, 0.6) is 0 Å². The fraction of sp³-hybridized carbons (Fsp3) is 0.174. The summed E-state index contributed by atoms with van der Waals surface area (Å²) < 4.78 is 41.0. The van der Waals surface area contributed by atoms with E-state index in [1.807, 2.05) is 6.07 Å². The predicted molar refractivity (Wildman–Crippen MR) is 129 cm³/mol. The maximum absolute atomic E-state index is 14.0. The van der Waals surface area contributed by atoms with Gasteiger partial charge in [0.25, 0.3) is 5.91 Å². The number of nitrogens with zero attached hydrogens (tertiary/aromatic N) is 4. The number of rotatable bonds is 7. The van der Waals surface area contributed by atoms with Crippen LogP contribution in [0.3, 0.4) is 0 Å². The van der Waals surface area contributed by atoms with Crippen molar-refractivity contribution in [2.45, 2.75) is 6.54 Å². The molecular weight excluding hydrogens is 459 g/mol. The second kappa shape index (κ2) is 9.10. The number of benzene rings is 2. The highest BCUT2D eigenvalue weighted by atomic mass is 32.2. The van der Waals surface area contributed by atoms with Crippen molar-refractivity contribution in [2.75, 3.05) is 30.0 Å². The molecule has 2 aromatic heterocycles. The maximum Gasteiger partial charge on any atom is 0.251 e. The molecule has 0 saturated heterocycles. The first-order valence-electron chi connectivity index (χ1n) is 10.3. The predicted octanol–water partition coefficient (Wildman–Crippen LogP) is 3.12. The SMILES string of the molecule is CNC(=O)c1ccc(Nc2ncc3ccn(Cc4cc(F)ccc4N(C)S(C)(=O)=O)c3n2)cc1. The van der Waals surface area contributed by atoms with Crippen LogP contribution < -0.4 is 14.9 Å². The van der Waals surface area contributed by atoms with Crippen LogP contribution in [-0.4, -0.2) is 49.2 Å². The molecule has 0 aliphatic carbocycles. The number of anilines is 3. The van der Waals surface area contributed by atoms with Gasteiger partial charge in [0.05, 0.1) is 18.5 Å². The third kappa shape index (κ3) is 4.84. The molecule has 1 amide bonds. The topological polar surface area (TPSA) is 109 Å². The third-order valence-corrected chi connectivity index (χ3v) is 6.54. The molecule has 176 valence electrons. The van der Waals surface area contributed by atoms with Gasteiger partial charge < -0.3 is 15.2 Å². The van der Waals surface area contributed by atoms with Crippen LogP contribution in [-0.2, 0) is 16.6 Å². The van der Waals surface area contributed by atoms with E-state index in [2.05, 4.69) is 20.6 Å². The molecule has 11 heteroatoms. The zero-order chi connectivity index (χ0) is 24.5. The molecule has 0 aliphatic heterocycles. The molecule has 2 N–H and O–H groups in total. The number of amides is 1. The Balaban J connectivity index is 1.64. The van der Waals surface area contributed by atoms with Crippen LogP contribution in [0.2, 0.25) is 0 Å². The van der Waals surface area contributed by atoms with Crippen LogP contribution >= 0.6 is 0 Å². The quantitative estimate of drug-likeness (QED) is 0.419. The zero-order valence-corrected chi connectivity index (χ0v) is 19.6. The first kappa shape index (κ1) is 23.2. The van der Waals surface area contributed by atoms with Crippen LogP contribution in [0.1, 0.15) is 15.9 Å². The van der Waals surface area contributed by atoms with E-state index in [-0.39, 0.29) is 12.5 Å². The standard InChI is InChI=1S/C23H23FN6O3S/c1-25-22(31)15-4-7-19(8-5-15)27-23-26-13-16-10-11-30(21(16)28-23)14-17-12-18(24)6-9-20(17)29(2)34(3,32)33/h4-13H,14H2,1-3H3,(H,25,31)(H,26,27,28). The van der Waals surface area contributed by atoms with E-state index >= 15 is 0 Å². The lowest BCUT2D eigenvalue weighted by molar-refractivity contribution is 0.0963. The summed E-state index contributed by atoms with van der Waals surface area (Å²) in [5.74, 6) is -0.303. The number of sulfonamides is 1. The van der Waals surface area contributed by atoms with Gasteiger partial charge in [-0.15, -0.1) is 0 Å². The molecule has 0 fully saturated rings. The second-order valence-corrected chi connectivity index (χ2v) is 9.71. The van der Waals surface area contributed by atoms with Crippen LogP contribution in [0.4, 0.5) is 21.7 Å². The highest BCUT2D eigenvalue weighted by Crippen LogP contribution is 2.26. The monoisotopic (exact) mass is 482 g/mol. The van der Waals surface area contributed by atoms with E-state index in [1.54, 1.807) is 48.3 Å². The molecule has 2 aromatic carbocycles. The molecule has 0 unspecified atom stereocenters. The van der Waals surface area contributed by atoms with Gasteiger partial charge >= 0.3 is 0 Å². The van der Waals surface area contributed by atoms with Gasteiger partial charge in [-0.25, -0.2) is 17.8 Å². The maximum atomic E-state index is 14.0. The number of fused-ring (bicyclic) bond motifs is 1. The summed E-state index contributed by atoms with van der Waals surface area (Å²) in [5, 5.41) is 6.45. The Morgan fingerprint density at radius 3 is 2.56 bits per heavy atom. The van der Waals surface area contributed by atoms with E-state index in [9.17, 15) is 17.6 Å². The minimum atomic E-state index is -3.52. The van der Waals surface area contributed by atoms with Gasteiger partial charge in [0, 0.05) is 43.1 Å². The van der Waals surface area contributed by atoms with Gasteiger partial charge in [-0.3, -0.25) is 9.10 Å². The minimum Gasteiger partial charge on any atom is -0.355 e. The van der Waals surface area contributed by atoms with Gasteiger partial charge in [-0.1, -0.05) is 0 Å².